The molecule has 1 N–H and O–H groups in total. The Balaban J connectivity index is 1.53. The molecule has 0 aliphatic carbocycles. The van der Waals surface area contributed by atoms with Gasteiger partial charge in [-0.25, -0.2) is 0 Å². The third-order valence-electron chi connectivity index (χ3n) is 5.15. The van der Waals surface area contributed by atoms with Crippen molar-refractivity contribution in [2.45, 2.75) is 39.8 Å². The molecule has 3 aromatic rings. The fourth-order valence-electron chi connectivity index (χ4n) is 3.66. The van der Waals surface area contributed by atoms with E-state index in [0.717, 1.165) is 35.9 Å². The van der Waals surface area contributed by atoms with Crippen molar-refractivity contribution in [2.24, 2.45) is 0 Å². The van der Waals surface area contributed by atoms with Crippen LogP contribution in [-0.4, -0.2) is 30.0 Å². The van der Waals surface area contributed by atoms with Gasteiger partial charge in [0, 0.05) is 12.0 Å². The molecule has 0 amide bonds. The fourth-order valence-corrected chi connectivity index (χ4v) is 4.30. The van der Waals surface area contributed by atoms with Crippen LogP contribution in [-0.2, 0) is 13.0 Å². The van der Waals surface area contributed by atoms with E-state index in [4.69, 9.17) is 13.9 Å². The van der Waals surface area contributed by atoms with E-state index in [2.05, 4.69) is 29.3 Å². The summed E-state index contributed by atoms with van der Waals surface area (Å²) in [6, 6.07) is 8.42. The molecular weight excluding hydrogens is 374 g/mol. The normalized spacial score (nSPS) is 17.2. The molecule has 7 heteroatoms. The topological polar surface area (TPSA) is 61.8 Å². The molecule has 2 atom stereocenters. The van der Waals surface area contributed by atoms with Gasteiger partial charge in [0.05, 0.1) is 24.6 Å². The summed E-state index contributed by atoms with van der Waals surface area (Å²) in [6.45, 7) is 9.33. The van der Waals surface area contributed by atoms with Crippen LogP contribution < -0.4 is 14.4 Å². The van der Waals surface area contributed by atoms with E-state index in [-0.39, 0.29) is 6.04 Å². The number of aromatic nitrogens is 2. The first-order valence-corrected chi connectivity index (χ1v) is 10.7. The lowest BCUT2D eigenvalue weighted by Gasteiger charge is -2.29. The second-order valence-electron chi connectivity index (χ2n) is 6.91. The number of thiophene rings is 1. The summed E-state index contributed by atoms with van der Waals surface area (Å²) < 4.78 is 17.5. The standard InChI is InChI=1S/C21H25N3O3S/c1-4-25-17-11-15-8-9-24(13-16(15)12-18(17)26-5-2)14(3)20-22-23-21(27-20)19-7-6-10-28-19/h6-7,10-12,14H,4-5,8-9,13H2,1-3H3/p+1/t14-/m1/s1. The minimum absolute atomic E-state index is 0.136. The molecule has 28 heavy (non-hydrogen) atoms. The fraction of sp³-hybridized carbons (Fsp3) is 0.429. The Morgan fingerprint density at radius 2 is 1.89 bits per heavy atom. The summed E-state index contributed by atoms with van der Waals surface area (Å²) in [5.41, 5.74) is 2.64. The third kappa shape index (κ3) is 3.77. The van der Waals surface area contributed by atoms with Crippen LogP contribution in [0.2, 0.25) is 0 Å². The van der Waals surface area contributed by atoms with Crippen LogP contribution in [0.5, 0.6) is 11.5 Å². The van der Waals surface area contributed by atoms with Crippen molar-refractivity contribution in [1.29, 1.82) is 0 Å². The molecule has 1 aliphatic rings. The molecule has 0 saturated heterocycles. The van der Waals surface area contributed by atoms with E-state index in [9.17, 15) is 0 Å². The highest BCUT2D eigenvalue weighted by Gasteiger charge is 2.30. The molecule has 0 fully saturated rings. The monoisotopic (exact) mass is 400 g/mol. The highest BCUT2D eigenvalue weighted by Crippen LogP contribution is 2.32. The number of ether oxygens (including phenoxy) is 2. The van der Waals surface area contributed by atoms with Crippen molar-refractivity contribution < 1.29 is 18.8 Å². The minimum atomic E-state index is 0.136. The predicted molar refractivity (Wildman–Crippen MR) is 108 cm³/mol. The Labute approximate surface area is 169 Å². The van der Waals surface area contributed by atoms with Crippen molar-refractivity contribution in [3.63, 3.8) is 0 Å². The molecule has 0 bridgehead atoms. The Morgan fingerprint density at radius 3 is 2.57 bits per heavy atom. The van der Waals surface area contributed by atoms with Gasteiger partial charge in [0.15, 0.2) is 17.5 Å². The van der Waals surface area contributed by atoms with Crippen LogP contribution in [0.15, 0.2) is 34.1 Å². The van der Waals surface area contributed by atoms with Crippen molar-refractivity contribution in [1.82, 2.24) is 10.2 Å². The van der Waals surface area contributed by atoms with Crippen molar-refractivity contribution >= 4 is 11.3 Å². The van der Waals surface area contributed by atoms with Gasteiger partial charge in [-0.2, -0.15) is 0 Å². The van der Waals surface area contributed by atoms with E-state index < -0.39 is 0 Å². The maximum absolute atomic E-state index is 5.97. The van der Waals surface area contributed by atoms with E-state index in [1.165, 1.54) is 16.0 Å². The van der Waals surface area contributed by atoms with Crippen molar-refractivity contribution in [3.05, 3.63) is 46.7 Å². The third-order valence-corrected chi connectivity index (χ3v) is 6.01. The second-order valence-corrected chi connectivity index (χ2v) is 7.86. The molecule has 1 unspecified atom stereocenters. The summed E-state index contributed by atoms with van der Waals surface area (Å²) in [5, 5.41) is 10.6. The summed E-state index contributed by atoms with van der Waals surface area (Å²) in [4.78, 5) is 2.43. The van der Waals surface area contributed by atoms with Gasteiger partial charge in [-0.15, -0.1) is 21.5 Å². The molecule has 1 aliphatic heterocycles. The molecular formula is C21H26N3O3S+. The lowest BCUT2D eigenvalue weighted by atomic mass is 9.97. The zero-order chi connectivity index (χ0) is 19.5. The van der Waals surface area contributed by atoms with E-state index in [1.807, 2.05) is 31.4 Å². The summed E-state index contributed by atoms with van der Waals surface area (Å²) in [7, 11) is 0. The predicted octanol–water partition coefficient (Wildman–Crippen LogP) is 3.30. The average molecular weight is 401 g/mol. The van der Waals surface area contributed by atoms with Crippen LogP contribution in [0.1, 0.15) is 43.8 Å². The zero-order valence-corrected chi connectivity index (χ0v) is 17.3. The molecule has 0 spiro atoms. The van der Waals surface area contributed by atoms with E-state index in [1.54, 1.807) is 11.3 Å². The largest absolute Gasteiger partial charge is 0.490 e. The van der Waals surface area contributed by atoms with Gasteiger partial charge in [-0.3, -0.25) is 0 Å². The summed E-state index contributed by atoms with van der Waals surface area (Å²) in [5.74, 6) is 2.97. The van der Waals surface area contributed by atoms with E-state index >= 15 is 0 Å². The number of hydrogen-bond donors (Lipinski definition) is 1. The number of fused-ring (bicyclic) bond motifs is 1. The van der Waals surface area contributed by atoms with Gasteiger partial charge < -0.3 is 18.8 Å². The number of rotatable bonds is 7. The quantitative estimate of drug-likeness (QED) is 0.659. The molecule has 6 nitrogen and oxygen atoms in total. The number of nitrogens with zero attached hydrogens (tertiary/aromatic N) is 2. The van der Waals surface area contributed by atoms with Gasteiger partial charge in [0.2, 0.25) is 0 Å². The highest BCUT2D eigenvalue weighted by atomic mass is 32.1. The second kappa shape index (κ2) is 8.32. The molecule has 2 aromatic heterocycles. The first-order chi connectivity index (χ1) is 13.7. The maximum atomic E-state index is 5.97. The lowest BCUT2D eigenvalue weighted by Crippen LogP contribution is -3.11. The Bertz CT molecular complexity index is 923. The lowest BCUT2D eigenvalue weighted by molar-refractivity contribution is -0.946. The van der Waals surface area contributed by atoms with Gasteiger partial charge in [0.1, 0.15) is 6.54 Å². The molecule has 4 rings (SSSR count). The number of quaternary nitrogens is 1. The van der Waals surface area contributed by atoms with Crippen LogP contribution in [0.3, 0.4) is 0 Å². The van der Waals surface area contributed by atoms with E-state index in [0.29, 0.717) is 25.0 Å². The smallest absolute Gasteiger partial charge is 0.274 e. The molecule has 148 valence electrons. The Morgan fingerprint density at radius 1 is 1.14 bits per heavy atom. The molecule has 1 aromatic carbocycles. The Hall–Kier alpha value is -2.38. The van der Waals surface area contributed by atoms with Crippen molar-refractivity contribution in [2.75, 3.05) is 19.8 Å². The van der Waals surface area contributed by atoms with Gasteiger partial charge >= 0.3 is 0 Å². The van der Waals surface area contributed by atoms with Crippen LogP contribution in [0, 0.1) is 0 Å². The first kappa shape index (κ1) is 19.0. The molecule has 0 radical (unpaired) electrons. The average Bonchev–Trinajstić information content (AvgIpc) is 3.39. The summed E-state index contributed by atoms with van der Waals surface area (Å²) in [6.07, 6.45) is 0.993. The first-order valence-electron chi connectivity index (χ1n) is 9.82. The van der Waals surface area contributed by atoms with Gasteiger partial charge in [-0.1, -0.05) is 6.07 Å². The number of benzene rings is 1. The summed E-state index contributed by atoms with van der Waals surface area (Å²) >= 11 is 1.61. The maximum Gasteiger partial charge on any atom is 0.274 e. The van der Waals surface area contributed by atoms with Crippen LogP contribution in [0.25, 0.3) is 10.8 Å². The Kier molecular flexibility index (Phi) is 5.64. The number of hydrogen-bond acceptors (Lipinski definition) is 6. The highest BCUT2D eigenvalue weighted by molar-refractivity contribution is 7.13. The van der Waals surface area contributed by atoms with Gasteiger partial charge in [-0.05, 0) is 49.9 Å². The molecule has 3 heterocycles. The minimum Gasteiger partial charge on any atom is -0.490 e. The zero-order valence-electron chi connectivity index (χ0n) is 16.5. The SMILES string of the molecule is CCOc1cc2c(cc1OCC)C[NH+]([C@H](C)c1nnc(-c3cccs3)o1)CC2. The van der Waals surface area contributed by atoms with Crippen LogP contribution >= 0.6 is 11.3 Å². The van der Waals surface area contributed by atoms with Gasteiger partial charge in [0.25, 0.3) is 11.8 Å². The van der Waals surface area contributed by atoms with Crippen LogP contribution in [0.4, 0.5) is 0 Å². The number of nitrogens with one attached hydrogen (secondary N) is 1. The van der Waals surface area contributed by atoms with Crippen molar-refractivity contribution in [3.8, 4) is 22.3 Å². The molecule has 0 saturated carbocycles.